The minimum absolute atomic E-state index is 0.185. The van der Waals surface area contributed by atoms with Crippen molar-refractivity contribution in [2.75, 3.05) is 11.9 Å². The molecule has 3 unspecified atom stereocenters. The summed E-state index contributed by atoms with van der Waals surface area (Å²) in [5.74, 6) is -0.758. The van der Waals surface area contributed by atoms with Crippen LogP contribution in [0.4, 0.5) is 10.5 Å². The molecule has 0 bridgehead atoms. The molecule has 7 heteroatoms. The summed E-state index contributed by atoms with van der Waals surface area (Å²) in [6.45, 7) is 15.9. The Balaban J connectivity index is 2.07. The molecule has 3 aromatic carbocycles. The highest BCUT2D eigenvalue weighted by molar-refractivity contribution is 6.00. The van der Waals surface area contributed by atoms with Crippen LogP contribution in [0.3, 0.4) is 0 Å². The molecule has 0 saturated heterocycles. The zero-order valence-corrected chi connectivity index (χ0v) is 29.2. The molecule has 46 heavy (non-hydrogen) atoms. The number of fused-ring (bicyclic) bond motifs is 1. The van der Waals surface area contributed by atoms with Crippen molar-refractivity contribution in [1.29, 1.82) is 0 Å². The van der Waals surface area contributed by atoms with E-state index in [9.17, 15) is 14.4 Å². The quantitative estimate of drug-likeness (QED) is 0.164. The van der Waals surface area contributed by atoms with Gasteiger partial charge in [-0.25, -0.2) is 4.79 Å². The molecule has 0 aliphatic rings. The highest BCUT2D eigenvalue weighted by Crippen LogP contribution is 2.30. The number of ether oxygens (including phenoxy) is 1. The van der Waals surface area contributed by atoms with E-state index in [1.807, 2.05) is 88.4 Å². The van der Waals surface area contributed by atoms with Gasteiger partial charge in [0.1, 0.15) is 17.7 Å². The second-order valence-corrected chi connectivity index (χ2v) is 13.6. The zero-order valence-electron chi connectivity index (χ0n) is 29.2. The second kappa shape index (κ2) is 17.2. The fourth-order valence-corrected chi connectivity index (χ4v) is 5.71. The summed E-state index contributed by atoms with van der Waals surface area (Å²) in [5.41, 5.74) is 2.65. The summed E-state index contributed by atoms with van der Waals surface area (Å²) in [6, 6.07) is 18.1. The van der Waals surface area contributed by atoms with Gasteiger partial charge in [-0.1, -0.05) is 113 Å². The van der Waals surface area contributed by atoms with Crippen molar-refractivity contribution < 1.29 is 19.1 Å². The molecule has 0 aliphatic carbocycles. The molecular formula is C39H55N3O4. The lowest BCUT2D eigenvalue weighted by Gasteiger charge is -2.36. The van der Waals surface area contributed by atoms with Gasteiger partial charge in [-0.3, -0.25) is 9.59 Å². The van der Waals surface area contributed by atoms with E-state index in [0.29, 0.717) is 18.7 Å². The van der Waals surface area contributed by atoms with E-state index in [0.717, 1.165) is 59.6 Å². The van der Waals surface area contributed by atoms with Crippen LogP contribution in [-0.2, 0) is 14.3 Å². The number of benzene rings is 3. The predicted molar refractivity (Wildman–Crippen MR) is 189 cm³/mol. The van der Waals surface area contributed by atoms with Crippen LogP contribution in [0.25, 0.3) is 10.8 Å². The van der Waals surface area contributed by atoms with Crippen LogP contribution in [-0.4, -0.2) is 41.0 Å². The Labute approximate surface area is 276 Å². The molecule has 2 N–H and O–H groups in total. The number of unbranched alkanes of at least 4 members (excludes halogenated alkanes) is 5. The molecule has 0 heterocycles. The average molecular weight is 630 g/mol. The number of hydrogen-bond acceptors (Lipinski definition) is 4. The fraction of sp³-hybridized carbons (Fsp3) is 0.513. The Bertz CT molecular complexity index is 1460. The van der Waals surface area contributed by atoms with Crippen LogP contribution >= 0.6 is 0 Å². The fourth-order valence-electron chi connectivity index (χ4n) is 5.71. The number of carbonyl (C=O) groups is 3. The Kier molecular flexibility index (Phi) is 13.7. The van der Waals surface area contributed by atoms with Gasteiger partial charge in [-0.05, 0) is 81.0 Å². The lowest BCUT2D eigenvalue weighted by molar-refractivity contribution is -0.142. The van der Waals surface area contributed by atoms with Gasteiger partial charge < -0.3 is 20.3 Å². The molecule has 250 valence electrons. The Morgan fingerprint density at radius 1 is 0.848 bits per heavy atom. The van der Waals surface area contributed by atoms with E-state index in [1.54, 1.807) is 25.7 Å². The maximum atomic E-state index is 14.7. The van der Waals surface area contributed by atoms with Gasteiger partial charge in [0.25, 0.3) is 5.91 Å². The maximum Gasteiger partial charge on any atom is 0.408 e. The third-order valence-electron chi connectivity index (χ3n) is 8.49. The number of hydrogen-bond donors (Lipinski definition) is 2. The minimum atomic E-state index is -0.901. The Morgan fingerprint density at radius 3 is 2.20 bits per heavy atom. The molecule has 0 aromatic heterocycles. The molecule has 0 radical (unpaired) electrons. The SMILES string of the molecule is CCCCCCCCN(C(=O)C(NC(=O)OC(C)(C)C)C(C)CC)C(C(=O)Nc1ccc2ccccc2c1)c1cc(C)ccc1C. The normalized spacial score (nSPS) is 13.5. The lowest BCUT2D eigenvalue weighted by Crippen LogP contribution is -2.55. The Hall–Kier alpha value is -3.87. The van der Waals surface area contributed by atoms with E-state index < -0.39 is 23.8 Å². The number of nitrogens with zero attached hydrogens (tertiary/aromatic N) is 1. The molecule has 0 fully saturated rings. The topological polar surface area (TPSA) is 87.7 Å². The standard InChI is InChI=1S/C39H55N3O4/c1-9-11-12-13-14-17-24-42(37(44)34(28(4)10-2)41-38(45)46-39(6,7)8)35(33-25-27(3)20-21-29(33)5)36(43)40-32-23-22-30-18-15-16-19-31(30)26-32/h15-16,18-23,25-26,28,34-35H,9-14,17,24H2,1-8H3,(H,40,43)(H,41,45). The Morgan fingerprint density at radius 2 is 1.52 bits per heavy atom. The zero-order chi connectivity index (χ0) is 33.9. The highest BCUT2D eigenvalue weighted by atomic mass is 16.6. The third-order valence-corrected chi connectivity index (χ3v) is 8.49. The van der Waals surface area contributed by atoms with Gasteiger partial charge in [0.2, 0.25) is 5.91 Å². The van der Waals surface area contributed by atoms with Crippen molar-refractivity contribution in [3.05, 3.63) is 77.4 Å². The van der Waals surface area contributed by atoms with Crippen molar-refractivity contribution in [3.63, 3.8) is 0 Å². The minimum Gasteiger partial charge on any atom is -0.444 e. The summed E-state index contributed by atoms with van der Waals surface area (Å²) in [5, 5.41) is 8.12. The number of aryl methyl sites for hydroxylation is 2. The summed E-state index contributed by atoms with van der Waals surface area (Å²) in [6.07, 6.45) is 6.26. The van der Waals surface area contributed by atoms with E-state index in [2.05, 4.69) is 17.6 Å². The molecule has 7 nitrogen and oxygen atoms in total. The third kappa shape index (κ3) is 10.6. The van der Waals surface area contributed by atoms with Crippen LogP contribution in [0.2, 0.25) is 0 Å². The smallest absolute Gasteiger partial charge is 0.408 e. The first-order chi connectivity index (χ1) is 21.8. The van der Waals surface area contributed by atoms with E-state index in [1.165, 1.54) is 6.42 Å². The van der Waals surface area contributed by atoms with Gasteiger partial charge in [-0.15, -0.1) is 0 Å². The first-order valence-electron chi connectivity index (χ1n) is 17.0. The predicted octanol–water partition coefficient (Wildman–Crippen LogP) is 9.26. The number of amides is 3. The summed E-state index contributed by atoms with van der Waals surface area (Å²) in [4.78, 5) is 43.9. The monoisotopic (exact) mass is 629 g/mol. The van der Waals surface area contributed by atoms with Crippen LogP contribution in [0.15, 0.2) is 60.7 Å². The van der Waals surface area contributed by atoms with Crippen molar-refractivity contribution in [1.82, 2.24) is 10.2 Å². The second-order valence-electron chi connectivity index (χ2n) is 13.6. The molecule has 3 amide bonds. The van der Waals surface area contributed by atoms with Crippen LogP contribution < -0.4 is 10.6 Å². The number of nitrogens with one attached hydrogen (secondary N) is 2. The average Bonchev–Trinajstić information content (AvgIpc) is 3.00. The van der Waals surface area contributed by atoms with Gasteiger partial charge >= 0.3 is 6.09 Å². The number of anilines is 1. The summed E-state index contributed by atoms with van der Waals surface area (Å²) in [7, 11) is 0. The molecular weight excluding hydrogens is 574 g/mol. The van der Waals surface area contributed by atoms with E-state index in [4.69, 9.17) is 4.74 Å². The van der Waals surface area contributed by atoms with Crippen molar-refractivity contribution in [2.45, 2.75) is 118 Å². The molecule has 3 atom stereocenters. The molecule has 0 saturated carbocycles. The lowest BCUT2D eigenvalue weighted by atomic mass is 9.93. The molecule has 3 rings (SSSR count). The van der Waals surface area contributed by atoms with E-state index in [-0.39, 0.29) is 17.7 Å². The van der Waals surface area contributed by atoms with Gasteiger partial charge in [-0.2, -0.15) is 0 Å². The summed E-state index contributed by atoms with van der Waals surface area (Å²) < 4.78 is 5.57. The van der Waals surface area contributed by atoms with Gasteiger partial charge in [0.05, 0.1) is 0 Å². The van der Waals surface area contributed by atoms with Gasteiger partial charge in [0, 0.05) is 12.2 Å². The van der Waals surface area contributed by atoms with Crippen LogP contribution in [0.1, 0.15) is 109 Å². The van der Waals surface area contributed by atoms with Crippen molar-refractivity contribution in [2.24, 2.45) is 5.92 Å². The van der Waals surface area contributed by atoms with E-state index >= 15 is 0 Å². The van der Waals surface area contributed by atoms with Crippen molar-refractivity contribution in [3.8, 4) is 0 Å². The molecule has 0 aliphatic heterocycles. The number of carbonyl (C=O) groups excluding carboxylic acids is 3. The van der Waals surface area contributed by atoms with Crippen LogP contribution in [0.5, 0.6) is 0 Å². The molecule has 0 spiro atoms. The largest absolute Gasteiger partial charge is 0.444 e. The highest BCUT2D eigenvalue weighted by Gasteiger charge is 2.38. The maximum absolute atomic E-state index is 14.7. The number of rotatable bonds is 15. The van der Waals surface area contributed by atoms with Crippen molar-refractivity contribution >= 4 is 34.4 Å². The number of alkyl carbamates (subject to hydrolysis) is 1. The first kappa shape index (κ1) is 36.6. The summed E-state index contributed by atoms with van der Waals surface area (Å²) >= 11 is 0. The molecule has 3 aromatic rings. The van der Waals surface area contributed by atoms with Gasteiger partial charge in [0.15, 0.2) is 0 Å². The first-order valence-corrected chi connectivity index (χ1v) is 17.0. The van der Waals surface area contributed by atoms with Crippen LogP contribution in [0, 0.1) is 19.8 Å².